The van der Waals surface area contributed by atoms with Crippen molar-refractivity contribution in [1.29, 1.82) is 0 Å². The molecule has 49 heavy (non-hydrogen) atoms. The molecule has 4 heteroatoms. The summed E-state index contributed by atoms with van der Waals surface area (Å²) in [4.78, 5) is 14.8. The van der Waals surface area contributed by atoms with Crippen molar-refractivity contribution in [3.05, 3.63) is 176 Å². The van der Waals surface area contributed by atoms with Gasteiger partial charge < -0.3 is 4.42 Å². The Balaban J connectivity index is 1.20. The third-order valence-corrected chi connectivity index (χ3v) is 8.91. The SMILES string of the molecule is c1ccc(-c2cc(-c3ccccc3)cc(-c3cccc4c3oc3ccc(-c5nc(-c6ccccc6)nc(-c6ccccc6)n5)cc34)c2)cc1. The number of para-hydroxylation sites is 1. The van der Waals surface area contributed by atoms with Gasteiger partial charge in [-0.25, -0.2) is 15.0 Å². The molecule has 2 heterocycles. The number of furan rings is 1. The summed E-state index contributed by atoms with van der Waals surface area (Å²) in [5.74, 6) is 1.89. The summed E-state index contributed by atoms with van der Waals surface area (Å²) >= 11 is 0. The average molecular weight is 628 g/mol. The Labute approximate surface area is 284 Å². The molecule has 0 unspecified atom stereocenters. The number of hydrogen-bond donors (Lipinski definition) is 0. The van der Waals surface area contributed by atoms with Crippen LogP contribution in [0.2, 0.25) is 0 Å². The molecule has 0 spiro atoms. The van der Waals surface area contributed by atoms with Gasteiger partial charge in [-0.05, 0) is 64.2 Å². The van der Waals surface area contributed by atoms with Gasteiger partial charge in [0.1, 0.15) is 11.2 Å². The van der Waals surface area contributed by atoms with Crippen LogP contribution in [0.5, 0.6) is 0 Å². The third kappa shape index (κ3) is 5.45. The summed E-state index contributed by atoms with van der Waals surface area (Å²) in [6.07, 6.45) is 0. The molecule has 9 rings (SSSR count). The van der Waals surface area contributed by atoms with Gasteiger partial charge in [0, 0.05) is 33.0 Å². The molecular weight excluding hydrogens is 599 g/mol. The number of benzene rings is 7. The Bertz CT molecular complexity index is 2460. The van der Waals surface area contributed by atoms with Gasteiger partial charge in [-0.2, -0.15) is 0 Å². The summed E-state index contributed by atoms with van der Waals surface area (Å²) in [6.45, 7) is 0. The molecule has 7 aromatic carbocycles. The van der Waals surface area contributed by atoms with Crippen LogP contribution in [0.25, 0.3) is 89.5 Å². The van der Waals surface area contributed by atoms with Crippen LogP contribution in [0.1, 0.15) is 0 Å². The zero-order chi connectivity index (χ0) is 32.6. The van der Waals surface area contributed by atoms with Crippen molar-refractivity contribution < 1.29 is 4.42 Å². The van der Waals surface area contributed by atoms with Crippen LogP contribution in [0.3, 0.4) is 0 Å². The van der Waals surface area contributed by atoms with E-state index >= 15 is 0 Å². The molecule has 0 fully saturated rings. The summed E-state index contributed by atoms with van der Waals surface area (Å²) in [7, 11) is 0. The van der Waals surface area contributed by atoms with E-state index in [1.165, 1.54) is 11.1 Å². The number of rotatable bonds is 6. The van der Waals surface area contributed by atoms with Gasteiger partial charge in [-0.1, -0.05) is 140 Å². The largest absolute Gasteiger partial charge is 0.455 e. The molecule has 9 aromatic rings. The molecule has 0 aliphatic carbocycles. The fraction of sp³-hybridized carbons (Fsp3) is 0. The minimum atomic E-state index is 0.614. The van der Waals surface area contributed by atoms with E-state index in [1.807, 2.05) is 72.8 Å². The Hall–Kier alpha value is -6.65. The lowest BCUT2D eigenvalue weighted by Crippen LogP contribution is -2.00. The Kier molecular flexibility index (Phi) is 7.10. The number of hydrogen-bond acceptors (Lipinski definition) is 4. The van der Waals surface area contributed by atoms with Gasteiger partial charge >= 0.3 is 0 Å². The monoisotopic (exact) mass is 627 g/mol. The standard InChI is InChI=1S/C45H29N3O/c1-5-14-30(15-6-1)35-26-36(31-16-7-2-8-17-31)28-37(27-35)38-22-13-23-39-40-29-34(24-25-41(40)49-42(38)39)45-47-43(32-18-9-3-10-19-32)46-44(48-45)33-20-11-4-12-21-33/h1-29H. The van der Waals surface area contributed by atoms with Gasteiger partial charge in [0.05, 0.1) is 0 Å². The topological polar surface area (TPSA) is 51.8 Å². The highest BCUT2D eigenvalue weighted by molar-refractivity contribution is 6.10. The lowest BCUT2D eigenvalue weighted by atomic mass is 9.92. The van der Waals surface area contributed by atoms with Crippen molar-refractivity contribution in [3.63, 3.8) is 0 Å². The van der Waals surface area contributed by atoms with Crippen LogP contribution in [-0.4, -0.2) is 15.0 Å². The highest BCUT2D eigenvalue weighted by Gasteiger charge is 2.17. The van der Waals surface area contributed by atoms with E-state index in [2.05, 4.69) is 103 Å². The van der Waals surface area contributed by atoms with Crippen LogP contribution < -0.4 is 0 Å². The molecule has 0 radical (unpaired) electrons. The summed E-state index contributed by atoms with van der Waals surface area (Å²) in [5, 5.41) is 2.06. The maximum atomic E-state index is 6.65. The molecule has 0 amide bonds. The summed E-state index contributed by atoms with van der Waals surface area (Å²) < 4.78 is 6.65. The molecule has 0 saturated carbocycles. The molecule has 0 aliphatic heterocycles. The summed E-state index contributed by atoms with van der Waals surface area (Å²) in [5.41, 5.74) is 11.2. The van der Waals surface area contributed by atoms with E-state index < -0.39 is 0 Å². The average Bonchev–Trinajstić information content (AvgIpc) is 3.57. The van der Waals surface area contributed by atoms with Crippen LogP contribution >= 0.6 is 0 Å². The van der Waals surface area contributed by atoms with Crippen LogP contribution in [-0.2, 0) is 0 Å². The molecule has 4 nitrogen and oxygen atoms in total. The van der Waals surface area contributed by atoms with Crippen LogP contribution in [0.15, 0.2) is 180 Å². The van der Waals surface area contributed by atoms with E-state index in [9.17, 15) is 0 Å². The molecular formula is C45H29N3O. The molecule has 0 bridgehead atoms. The molecule has 0 atom stereocenters. The van der Waals surface area contributed by atoms with Crippen molar-refractivity contribution in [3.8, 4) is 67.5 Å². The van der Waals surface area contributed by atoms with Crippen molar-refractivity contribution in [2.45, 2.75) is 0 Å². The van der Waals surface area contributed by atoms with E-state index in [1.54, 1.807) is 0 Å². The first kappa shape index (κ1) is 28.6. The zero-order valence-corrected chi connectivity index (χ0v) is 26.5. The predicted octanol–water partition coefficient (Wildman–Crippen LogP) is 11.8. The molecule has 230 valence electrons. The van der Waals surface area contributed by atoms with Gasteiger partial charge in [-0.3, -0.25) is 0 Å². The fourth-order valence-electron chi connectivity index (χ4n) is 6.48. The lowest BCUT2D eigenvalue weighted by molar-refractivity contribution is 0.670. The Morgan fingerprint density at radius 1 is 0.306 bits per heavy atom. The maximum absolute atomic E-state index is 6.65. The van der Waals surface area contributed by atoms with Crippen molar-refractivity contribution >= 4 is 21.9 Å². The minimum absolute atomic E-state index is 0.614. The number of aromatic nitrogens is 3. The van der Waals surface area contributed by atoms with Gasteiger partial charge in [0.25, 0.3) is 0 Å². The first-order valence-electron chi connectivity index (χ1n) is 16.4. The van der Waals surface area contributed by atoms with E-state index in [0.29, 0.717) is 17.5 Å². The van der Waals surface area contributed by atoms with Crippen molar-refractivity contribution in [2.75, 3.05) is 0 Å². The van der Waals surface area contributed by atoms with Gasteiger partial charge in [-0.15, -0.1) is 0 Å². The second-order valence-electron chi connectivity index (χ2n) is 12.1. The highest BCUT2D eigenvalue weighted by atomic mass is 16.3. The molecule has 0 N–H and O–H groups in total. The molecule has 0 aliphatic rings. The molecule has 0 saturated heterocycles. The van der Waals surface area contributed by atoms with Gasteiger partial charge in [0.2, 0.25) is 0 Å². The van der Waals surface area contributed by atoms with E-state index in [-0.39, 0.29) is 0 Å². The number of nitrogens with zero attached hydrogens (tertiary/aromatic N) is 3. The second kappa shape index (κ2) is 12.2. The quantitative estimate of drug-likeness (QED) is 0.184. The first-order valence-corrected chi connectivity index (χ1v) is 16.4. The summed E-state index contributed by atoms with van der Waals surface area (Å²) in [6, 6.07) is 60.5. The van der Waals surface area contributed by atoms with E-state index in [4.69, 9.17) is 19.4 Å². The van der Waals surface area contributed by atoms with Crippen LogP contribution in [0.4, 0.5) is 0 Å². The first-order chi connectivity index (χ1) is 24.3. The Morgan fingerprint density at radius 2 is 0.776 bits per heavy atom. The fourth-order valence-corrected chi connectivity index (χ4v) is 6.48. The van der Waals surface area contributed by atoms with Crippen LogP contribution in [0, 0.1) is 0 Å². The van der Waals surface area contributed by atoms with E-state index in [0.717, 1.165) is 60.9 Å². The normalized spacial score (nSPS) is 11.3. The predicted molar refractivity (Wildman–Crippen MR) is 200 cm³/mol. The smallest absolute Gasteiger partial charge is 0.164 e. The van der Waals surface area contributed by atoms with Crippen molar-refractivity contribution in [2.24, 2.45) is 0 Å². The maximum Gasteiger partial charge on any atom is 0.164 e. The zero-order valence-electron chi connectivity index (χ0n) is 26.5. The Morgan fingerprint density at radius 3 is 1.31 bits per heavy atom. The second-order valence-corrected chi connectivity index (χ2v) is 12.1. The highest BCUT2D eigenvalue weighted by Crippen LogP contribution is 2.40. The minimum Gasteiger partial charge on any atom is -0.455 e. The number of fused-ring (bicyclic) bond motifs is 3. The molecule has 2 aromatic heterocycles. The lowest BCUT2D eigenvalue weighted by Gasteiger charge is -2.11. The van der Waals surface area contributed by atoms with Gasteiger partial charge in [0.15, 0.2) is 17.5 Å². The third-order valence-electron chi connectivity index (χ3n) is 8.91. The van der Waals surface area contributed by atoms with Crippen molar-refractivity contribution in [1.82, 2.24) is 15.0 Å².